The number of halogens is 2. The van der Waals surface area contributed by atoms with E-state index in [1.807, 2.05) is 0 Å². The van der Waals surface area contributed by atoms with Crippen molar-refractivity contribution >= 4 is 40.3 Å². The van der Waals surface area contributed by atoms with E-state index in [9.17, 15) is 13.6 Å². The molecule has 24 heavy (non-hydrogen) atoms. The fourth-order valence-electron chi connectivity index (χ4n) is 2.51. The second kappa shape index (κ2) is 7.69. The SMILES string of the molecule is O=C1C(=Cc2ccc(F)c(F)c2)SC(=S)N1CCN1CCOCC1. The Bertz CT molecular complexity index is 691. The lowest BCUT2D eigenvalue weighted by molar-refractivity contribution is -0.122. The summed E-state index contributed by atoms with van der Waals surface area (Å²) in [6.45, 7) is 4.34. The summed E-state index contributed by atoms with van der Waals surface area (Å²) in [4.78, 5) is 16.7. The molecule has 0 N–H and O–H groups in total. The topological polar surface area (TPSA) is 32.8 Å². The zero-order valence-corrected chi connectivity index (χ0v) is 14.5. The highest BCUT2D eigenvalue weighted by Gasteiger charge is 2.32. The first-order valence-electron chi connectivity index (χ1n) is 7.55. The van der Waals surface area contributed by atoms with Crippen LogP contribution in [-0.4, -0.2) is 59.4 Å². The van der Waals surface area contributed by atoms with Crippen molar-refractivity contribution in [3.05, 3.63) is 40.3 Å². The average molecular weight is 370 g/mol. The molecule has 0 unspecified atom stereocenters. The fraction of sp³-hybridized carbons (Fsp3) is 0.375. The van der Waals surface area contributed by atoms with E-state index in [0.29, 0.717) is 34.5 Å². The Kier molecular flexibility index (Phi) is 5.60. The highest BCUT2D eigenvalue weighted by molar-refractivity contribution is 8.26. The normalized spacial score (nSPS) is 21.1. The van der Waals surface area contributed by atoms with Gasteiger partial charge in [-0.15, -0.1) is 0 Å². The first kappa shape index (κ1) is 17.5. The predicted octanol–water partition coefficient (Wildman–Crippen LogP) is 2.50. The lowest BCUT2D eigenvalue weighted by Crippen LogP contribution is -2.42. The number of rotatable bonds is 4. The van der Waals surface area contributed by atoms with Crippen molar-refractivity contribution in [2.45, 2.75) is 0 Å². The molecule has 0 saturated carbocycles. The van der Waals surface area contributed by atoms with Crippen molar-refractivity contribution in [3.8, 4) is 0 Å². The summed E-state index contributed by atoms with van der Waals surface area (Å²) in [6, 6.07) is 3.54. The van der Waals surface area contributed by atoms with Crippen LogP contribution in [0.1, 0.15) is 5.56 Å². The minimum atomic E-state index is -0.938. The molecule has 1 aromatic carbocycles. The molecule has 2 aliphatic heterocycles. The van der Waals surface area contributed by atoms with Crippen molar-refractivity contribution in [2.75, 3.05) is 39.4 Å². The van der Waals surface area contributed by atoms with Gasteiger partial charge >= 0.3 is 0 Å². The molecule has 0 aliphatic carbocycles. The van der Waals surface area contributed by atoms with Crippen molar-refractivity contribution in [2.24, 2.45) is 0 Å². The largest absolute Gasteiger partial charge is 0.379 e. The standard InChI is InChI=1S/C16H16F2N2O2S2/c17-12-2-1-11(9-13(12)18)10-14-15(21)20(16(23)24-14)4-3-19-5-7-22-8-6-19/h1-2,9-10H,3-8H2. The first-order valence-corrected chi connectivity index (χ1v) is 8.77. The Labute approximate surface area is 148 Å². The molecule has 0 bridgehead atoms. The maximum absolute atomic E-state index is 13.3. The van der Waals surface area contributed by atoms with Crippen LogP contribution >= 0.6 is 24.0 Å². The monoisotopic (exact) mass is 370 g/mol. The molecule has 1 aromatic rings. The third-order valence-corrected chi connectivity index (χ3v) is 5.24. The first-order chi connectivity index (χ1) is 11.5. The Morgan fingerprint density at radius 2 is 1.96 bits per heavy atom. The maximum Gasteiger partial charge on any atom is 0.266 e. The third kappa shape index (κ3) is 4.00. The molecule has 2 heterocycles. The van der Waals surface area contributed by atoms with Gasteiger partial charge in [-0.05, 0) is 23.8 Å². The number of morpholine rings is 1. The maximum atomic E-state index is 13.3. The zero-order chi connectivity index (χ0) is 17.1. The summed E-state index contributed by atoms with van der Waals surface area (Å²) in [5, 5.41) is 0. The molecule has 3 rings (SSSR count). The van der Waals surface area contributed by atoms with Crippen molar-refractivity contribution in [3.63, 3.8) is 0 Å². The van der Waals surface area contributed by atoms with Gasteiger partial charge in [-0.2, -0.15) is 0 Å². The van der Waals surface area contributed by atoms with Crippen LogP contribution in [0.2, 0.25) is 0 Å². The molecule has 1 amide bonds. The van der Waals surface area contributed by atoms with Gasteiger partial charge in [0.2, 0.25) is 0 Å². The minimum absolute atomic E-state index is 0.192. The molecule has 0 atom stereocenters. The van der Waals surface area contributed by atoms with Crippen LogP contribution in [0.15, 0.2) is 23.1 Å². The minimum Gasteiger partial charge on any atom is -0.379 e. The zero-order valence-electron chi connectivity index (χ0n) is 12.8. The summed E-state index contributed by atoms with van der Waals surface area (Å²) in [5.74, 6) is -2.04. The van der Waals surface area contributed by atoms with Crippen LogP contribution in [0.4, 0.5) is 8.78 Å². The number of carbonyl (C=O) groups is 1. The summed E-state index contributed by atoms with van der Waals surface area (Å²) in [5.41, 5.74) is 0.433. The number of amides is 1. The molecule has 0 radical (unpaired) electrons. The van der Waals surface area contributed by atoms with E-state index < -0.39 is 11.6 Å². The molecule has 2 fully saturated rings. The number of carbonyl (C=O) groups excluding carboxylic acids is 1. The van der Waals surface area contributed by atoms with E-state index in [2.05, 4.69) is 4.90 Å². The van der Waals surface area contributed by atoms with Gasteiger partial charge in [0.1, 0.15) is 4.32 Å². The number of ether oxygens (including phenoxy) is 1. The van der Waals surface area contributed by atoms with Crippen LogP contribution in [0.25, 0.3) is 6.08 Å². The number of thioether (sulfide) groups is 1. The smallest absolute Gasteiger partial charge is 0.266 e. The number of hydrogen-bond acceptors (Lipinski definition) is 5. The summed E-state index contributed by atoms with van der Waals surface area (Å²) in [7, 11) is 0. The van der Waals surface area contributed by atoms with E-state index in [1.54, 1.807) is 4.90 Å². The van der Waals surface area contributed by atoms with Crippen LogP contribution in [0.3, 0.4) is 0 Å². The molecule has 8 heteroatoms. The van der Waals surface area contributed by atoms with Crippen LogP contribution in [-0.2, 0) is 9.53 Å². The van der Waals surface area contributed by atoms with Gasteiger partial charge in [-0.1, -0.05) is 30.0 Å². The molecule has 0 spiro atoms. The van der Waals surface area contributed by atoms with Gasteiger partial charge in [0, 0.05) is 26.2 Å². The molecule has 4 nitrogen and oxygen atoms in total. The van der Waals surface area contributed by atoms with Crippen LogP contribution in [0, 0.1) is 11.6 Å². The van der Waals surface area contributed by atoms with Gasteiger partial charge in [0.25, 0.3) is 5.91 Å². The van der Waals surface area contributed by atoms with E-state index >= 15 is 0 Å². The summed E-state index contributed by atoms with van der Waals surface area (Å²) >= 11 is 6.46. The third-order valence-electron chi connectivity index (χ3n) is 3.86. The molecular weight excluding hydrogens is 354 g/mol. The van der Waals surface area contributed by atoms with Gasteiger partial charge in [0.15, 0.2) is 11.6 Å². The number of benzene rings is 1. The van der Waals surface area contributed by atoms with Crippen LogP contribution < -0.4 is 0 Å². The van der Waals surface area contributed by atoms with E-state index in [1.165, 1.54) is 23.9 Å². The van der Waals surface area contributed by atoms with E-state index in [4.69, 9.17) is 17.0 Å². The average Bonchev–Trinajstić information content (AvgIpc) is 2.84. The van der Waals surface area contributed by atoms with E-state index in [-0.39, 0.29) is 5.91 Å². The van der Waals surface area contributed by atoms with Gasteiger partial charge in [-0.25, -0.2) is 8.78 Å². The Balaban J connectivity index is 1.66. The molecule has 2 saturated heterocycles. The molecule has 2 aliphatic rings. The van der Waals surface area contributed by atoms with Crippen molar-refractivity contribution < 1.29 is 18.3 Å². The lowest BCUT2D eigenvalue weighted by atomic mass is 10.2. The lowest BCUT2D eigenvalue weighted by Gasteiger charge is -2.28. The number of thiocarbonyl (C=S) groups is 1. The number of nitrogens with zero attached hydrogens (tertiary/aromatic N) is 2. The Hall–Kier alpha value is -1.35. The Morgan fingerprint density at radius 3 is 2.67 bits per heavy atom. The highest BCUT2D eigenvalue weighted by Crippen LogP contribution is 2.32. The van der Waals surface area contributed by atoms with Crippen molar-refractivity contribution in [1.29, 1.82) is 0 Å². The fourth-order valence-corrected chi connectivity index (χ4v) is 3.82. The summed E-state index contributed by atoms with van der Waals surface area (Å²) < 4.78 is 32.0. The van der Waals surface area contributed by atoms with Gasteiger partial charge < -0.3 is 4.74 Å². The molecule has 128 valence electrons. The quantitative estimate of drug-likeness (QED) is 0.601. The van der Waals surface area contributed by atoms with Gasteiger partial charge in [-0.3, -0.25) is 14.6 Å². The van der Waals surface area contributed by atoms with E-state index in [0.717, 1.165) is 31.8 Å². The second-order valence-electron chi connectivity index (χ2n) is 5.46. The molecule has 0 aromatic heterocycles. The highest BCUT2D eigenvalue weighted by atomic mass is 32.2. The molecular formula is C16H16F2N2O2S2. The van der Waals surface area contributed by atoms with Crippen molar-refractivity contribution in [1.82, 2.24) is 9.80 Å². The summed E-state index contributed by atoms with van der Waals surface area (Å²) in [6.07, 6.45) is 1.54. The number of hydrogen-bond donors (Lipinski definition) is 0. The Morgan fingerprint density at radius 1 is 1.21 bits per heavy atom. The predicted molar refractivity (Wildman–Crippen MR) is 93.5 cm³/mol. The van der Waals surface area contributed by atoms with Crippen LogP contribution in [0.5, 0.6) is 0 Å². The second-order valence-corrected chi connectivity index (χ2v) is 7.14. The van der Waals surface area contributed by atoms with Gasteiger partial charge in [0.05, 0.1) is 18.1 Å².